The Morgan fingerprint density at radius 3 is 2.61 bits per heavy atom. The third-order valence-corrected chi connectivity index (χ3v) is 4.31. The first kappa shape index (κ1) is 15.9. The van der Waals surface area contributed by atoms with Gasteiger partial charge in [-0.05, 0) is 44.5 Å². The number of anilines is 1. The maximum atomic E-state index is 4.67. The van der Waals surface area contributed by atoms with Gasteiger partial charge in [-0.15, -0.1) is 0 Å². The Bertz CT molecular complexity index is 861. The Labute approximate surface area is 144 Å². The van der Waals surface area contributed by atoms with Crippen LogP contribution < -0.4 is 5.32 Å². The van der Waals surface area contributed by atoms with Crippen molar-refractivity contribution in [1.82, 2.24) is 15.0 Å². The number of benzene rings is 1. The van der Waals surface area contributed by atoms with Crippen molar-refractivity contribution in [2.45, 2.75) is 27.2 Å². The van der Waals surface area contributed by atoms with E-state index in [-0.39, 0.29) is 0 Å². The number of fused-ring (bicyclic) bond motifs is 1. The molecular weight excluding hydrogens is 352 g/mol. The highest BCUT2D eigenvalue weighted by Crippen LogP contribution is 2.29. The molecular formula is C18H19BrN4. The molecule has 0 aliphatic carbocycles. The molecule has 2 heterocycles. The summed E-state index contributed by atoms with van der Waals surface area (Å²) in [7, 11) is 0. The largest absolute Gasteiger partial charge is 0.384 e. The average Bonchev–Trinajstić information content (AvgIpc) is 2.50. The van der Waals surface area contributed by atoms with Gasteiger partial charge in [-0.2, -0.15) is 0 Å². The molecule has 5 heteroatoms. The molecule has 0 fully saturated rings. The van der Waals surface area contributed by atoms with Gasteiger partial charge in [0.2, 0.25) is 0 Å². The lowest BCUT2D eigenvalue weighted by Gasteiger charge is -2.13. The summed E-state index contributed by atoms with van der Waals surface area (Å²) < 4.78 is 1.07. The number of aromatic nitrogens is 3. The Kier molecular flexibility index (Phi) is 4.57. The SMILES string of the molecule is Cc1cc(NCCc2nccnc2C)c2cc(Br)cc(C)c2n1. The Morgan fingerprint density at radius 1 is 1.04 bits per heavy atom. The molecule has 0 bridgehead atoms. The van der Waals surface area contributed by atoms with Crippen molar-refractivity contribution in [2.75, 3.05) is 11.9 Å². The van der Waals surface area contributed by atoms with E-state index in [9.17, 15) is 0 Å². The summed E-state index contributed by atoms with van der Waals surface area (Å²) in [6.45, 7) is 6.92. The van der Waals surface area contributed by atoms with Gasteiger partial charge in [0.05, 0.1) is 16.9 Å². The fourth-order valence-electron chi connectivity index (χ4n) is 2.73. The van der Waals surface area contributed by atoms with Gasteiger partial charge in [-0.3, -0.25) is 15.0 Å². The summed E-state index contributed by atoms with van der Waals surface area (Å²) in [5.74, 6) is 0. The molecule has 2 aromatic heterocycles. The number of rotatable bonds is 4. The maximum Gasteiger partial charge on any atom is 0.0755 e. The van der Waals surface area contributed by atoms with E-state index in [1.807, 2.05) is 13.8 Å². The molecule has 0 atom stereocenters. The van der Waals surface area contributed by atoms with Crippen molar-refractivity contribution in [3.8, 4) is 0 Å². The van der Waals surface area contributed by atoms with Crippen LogP contribution in [-0.2, 0) is 6.42 Å². The highest BCUT2D eigenvalue weighted by Gasteiger charge is 2.08. The summed E-state index contributed by atoms with van der Waals surface area (Å²) in [6.07, 6.45) is 4.32. The molecule has 3 aromatic rings. The van der Waals surface area contributed by atoms with Crippen LogP contribution in [0, 0.1) is 20.8 Å². The number of nitrogens with zero attached hydrogens (tertiary/aromatic N) is 3. The quantitative estimate of drug-likeness (QED) is 0.740. The smallest absolute Gasteiger partial charge is 0.0755 e. The fourth-order valence-corrected chi connectivity index (χ4v) is 3.30. The van der Waals surface area contributed by atoms with E-state index in [1.165, 1.54) is 5.56 Å². The van der Waals surface area contributed by atoms with Gasteiger partial charge in [0.25, 0.3) is 0 Å². The van der Waals surface area contributed by atoms with Gasteiger partial charge >= 0.3 is 0 Å². The number of nitrogens with one attached hydrogen (secondary N) is 1. The predicted molar refractivity (Wildman–Crippen MR) is 97.9 cm³/mol. The van der Waals surface area contributed by atoms with Crippen molar-refractivity contribution in [2.24, 2.45) is 0 Å². The van der Waals surface area contributed by atoms with Gasteiger partial charge in [0.1, 0.15) is 0 Å². The molecule has 1 N–H and O–H groups in total. The monoisotopic (exact) mass is 370 g/mol. The Hall–Kier alpha value is -2.01. The van der Waals surface area contributed by atoms with Crippen LogP contribution in [0.1, 0.15) is 22.6 Å². The zero-order valence-electron chi connectivity index (χ0n) is 13.5. The second-order valence-corrected chi connectivity index (χ2v) is 6.61. The van der Waals surface area contributed by atoms with Gasteiger partial charge in [0, 0.05) is 46.6 Å². The van der Waals surface area contributed by atoms with Crippen molar-refractivity contribution in [3.63, 3.8) is 0 Å². The molecule has 0 unspecified atom stereocenters. The molecule has 118 valence electrons. The van der Waals surface area contributed by atoms with Crippen molar-refractivity contribution >= 4 is 32.5 Å². The van der Waals surface area contributed by atoms with E-state index in [1.54, 1.807) is 12.4 Å². The lowest BCUT2D eigenvalue weighted by atomic mass is 10.1. The molecule has 0 aliphatic heterocycles. The first-order valence-electron chi connectivity index (χ1n) is 7.62. The van der Waals surface area contributed by atoms with Crippen LogP contribution in [0.4, 0.5) is 5.69 Å². The Morgan fingerprint density at radius 2 is 1.83 bits per heavy atom. The van der Waals surface area contributed by atoms with Crippen molar-refractivity contribution in [3.05, 3.63) is 57.7 Å². The van der Waals surface area contributed by atoms with E-state index in [2.05, 4.69) is 61.3 Å². The van der Waals surface area contributed by atoms with Crippen molar-refractivity contribution in [1.29, 1.82) is 0 Å². The van der Waals surface area contributed by atoms with Gasteiger partial charge < -0.3 is 5.32 Å². The molecule has 0 saturated carbocycles. The Balaban J connectivity index is 1.87. The highest BCUT2D eigenvalue weighted by molar-refractivity contribution is 9.10. The standard InChI is InChI=1S/C18H19BrN4/c1-11-8-14(19)10-15-17(9-12(2)23-18(11)15)21-5-4-16-13(3)20-6-7-22-16/h6-10H,4-5H2,1-3H3,(H,21,23). The molecule has 1 aromatic carbocycles. The first-order chi connectivity index (χ1) is 11.0. The van der Waals surface area contributed by atoms with Crippen LogP contribution in [-0.4, -0.2) is 21.5 Å². The van der Waals surface area contributed by atoms with Crippen LogP contribution in [0.3, 0.4) is 0 Å². The number of pyridine rings is 1. The molecule has 0 saturated heterocycles. The van der Waals surface area contributed by atoms with Gasteiger partial charge in [-0.25, -0.2) is 0 Å². The highest BCUT2D eigenvalue weighted by atomic mass is 79.9. The number of halogens is 1. The zero-order chi connectivity index (χ0) is 16.4. The summed E-state index contributed by atoms with van der Waals surface area (Å²) in [5.41, 5.74) is 6.37. The van der Waals surface area contributed by atoms with E-state index < -0.39 is 0 Å². The van der Waals surface area contributed by atoms with Crippen LogP contribution in [0.2, 0.25) is 0 Å². The maximum absolute atomic E-state index is 4.67. The van der Waals surface area contributed by atoms with E-state index >= 15 is 0 Å². The molecule has 3 rings (SSSR count). The topological polar surface area (TPSA) is 50.7 Å². The predicted octanol–water partition coefficient (Wildman–Crippen LogP) is 4.37. The summed E-state index contributed by atoms with van der Waals surface area (Å²) >= 11 is 3.58. The van der Waals surface area contributed by atoms with Crippen LogP contribution in [0.25, 0.3) is 10.9 Å². The minimum atomic E-state index is 0.809. The molecule has 0 amide bonds. The van der Waals surface area contributed by atoms with Gasteiger partial charge in [-0.1, -0.05) is 15.9 Å². The molecule has 0 aliphatic rings. The molecule has 23 heavy (non-hydrogen) atoms. The minimum absolute atomic E-state index is 0.809. The summed E-state index contributed by atoms with van der Waals surface area (Å²) in [5, 5.41) is 4.67. The molecule has 0 spiro atoms. The summed E-state index contributed by atoms with van der Waals surface area (Å²) in [6, 6.07) is 6.31. The fraction of sp³-hybridized carbons (Fsp3) is 0.278. The number of aryl methyl sites for hydroxylation is 3. The molecule has 0 radical (unpaired) electrons. The second-order valence-electron chi connectivity index (χ2n) is 5.70. The van der Waals surface area contributed by atoms with E-state index in [0.717, 1.165) is 51.1 Å². The first-order valence-corrected chi connectivity index (χ1v) is 8.42. The van der Waals surface area contributed by atoms with Gasteiger partial charge in [0.15, 0.2) is 0 Å². The summed E-state index contributed by atoms with van der Waals surface area (Å²) in [4.78, 5) is 13.4. The van der Waals surface area contributed by atoms with Crippen LogP contribution in [0.15, 0.2) is 35.1 Å². The van der Waals surface area contributed by atoms with Crippen LogP contribution in [0.5, 0.6) is 0 Å². The third kappa shape index (κ3) is 3.50. The minimum Gasteiger partial charge on any atom is -0.384 e. The second kappa shape index (κ2) is 6.62. The lowest BCUT2D eigenvalue weighted by Crippen LogP contribution is -2.09. The van der Waals surface area contributed by atoms with E-state index in [0.29, 0.717) is 0 Å². The van der Waals surface area contributed by atoms with Crippen molar-refractivity contribution < 1.29 is 0 Å². The average molecular weight is 371 g/mol. The van der Waals surface area contributed by atoms with E-state index in [4.69, 9.17) is 0 Å². The lowest BCUT2D eigenvalue weighted by molar-refractivity contribution is 0.913. The zero-order valence-corrected chi connectivity index (χ0v) is 15.1. The molecule has 4 nitrogen and oxygen atoms in total. The normalized spacial score (nSPS) is 11.0. The third-order valence-electron chi connectivity index (χ3n) is 3.86. The van der Waals surface area contributed by atoms with Crippen LogP contribution >= 0.6 is 15.9 Å². The number of hydrogen-bond donors (Lipinski definition) is 1. The number of hydrogen-bond acceptors (Lipinski definition) is 4.